The first-order valence-corrected chi connectivity index (χ1v) is 7.19. The molecule has 0 aliphatic carbocycles. The summed E-state index contributed by atoms with van der Waals surface area (Å²) < 4.78 is 4.87. The van der Waals surface area contributed by atoms with E-state index in [-0.39, 0.29) is 12.4 Å². The molecule has 0 atom stereocenters. The monoisotopic (exact) mass is 322 g/mol. The van der Waals surface area contributed by atoms with E-state index in [9.17, 15) is 4.79 Å². The number of carbonyl (C=O) groups is 1. The molecule has 0 fully saturated rings. The number of hydrogen-bond acceptors (Lipinski definition) is 4. The molecule has 21 heavy (non-hydrogen) atoms. The minimum Gasteiger partial charge on any atom is -0.450 e. The van der Waals surface area contributed by atoms with Crippen molar-refractivity contribution in [2.24, 2.45) is 0 Å². The molecule has 0 aromatic heterocycles. The van der Waals surface area contributed by atoms with Crippen LogP contribution < -0.4 is 10.6 Å². The Labute approximate surface area is 133 Å². The van der Waals surface area contributed by atoms with Gasteiger partial charge in [0, 0.05) is 15.5 Å². The van der Waals surface area contributed by atoms with Crippen molar-refractivity contribution in [2.75, 3.05) is 17.2 Å². The van der Waals surface area contributed by atoms with E-state index in [4.69, 9.17) is 4.74 Å². The van der Waals surface area contributed by atoms with Crippen molar-refractivity contribution in [1.82, 2.24) is 0 Å². The summed E-state index contributed by atoms with van der Waals surface area (Å²) in [5.74, 6) is 0. The molecule has 2 N–H and O–H groups in total. The van der Waals surface area contributed by atoms with Gasteiger partial charge in [0.25, 0.3) is 0 Å². The number of anilines is 3. The van der Waals surface area contributed by atoms with Crippen LogP contribution in [0, 0.1) is 0 Å². The third-order valence-corrected chi connectivity index (χ3v) is 4.03. The molecule has 2 aromatic carbocycles. The van der Waals surface area contributed by atoms with Crippen molar-refractivity contribution < 1.29 is 9.53 Å². The number of rotatable bonds is 2. The van der Waals surface area contributed by atoms with E-state index in [2.05, 4.69) is 16.7 Å². The number of hydrogen-bond donors (Lipinski definition) is 2. The zero-order valence-corrected chi connectivity index (χ0v) is 13.0. The van der Waals surface area contributed by atoms with Crippen LogP contribution in [-0.4, -0.2) is 12.7 Å². The van der Waals surface area contributed by atoms with Gasteiger partial charge in [-0.05, 0) is 37.3 Å². The SMILES string of the molecule is CCOC(=O)Nc1ccc2c(c1)Nc1ccccc1S2.Cl. The Bertz CT molecular complexity index is 664. The molecular weight excluding hydrogens is 308 g/mol. The number of amides is 1. The van der Waals surface area contributed by atoms with Crippen LogP contribution in [0.15, 0.2) is 52.3 Å². The Balaban J connectivity index is 0.00000161. The number of benzene rings is 2. The molecule has 0 spiro atoms. The summed E-state index contributed by atoms with van der Waals surface area (Å²) in [5.41, 5.74) is 2.79. The fourth-order valence-corrected chi connectivity index (χ4v) is 2.97. The molecule has 1 aliphatic heterocycles. The molecule has 0 radical (unpaired) electrons. The molecule has 1 amide bonds. The second-order valence-electron chi connectivity index (χ2n) is 4.28. The third kappa shape index (κ3) is 3.43. The summed E-state index contributed by atoms with van der Waals surface area (Å²) in [6, 6.07) is 13.9. The molecule has 3 rings (SSSR count). The number of para-hydroxylation sites is 1. The summed E-state index contributed by atoms with van der Waals surface area (Å²) in [5, 5.41) is 6.08. The topological polar surface area (TPSA) is 50.4 Å². The molecule has 1 aliphatic rings. The van der Waals surface area contributed by atoms with E-state index in [1.807, 2.05) is 36.4 Å². The number of halogens is 1. The zero-order chi connectivity index (χ0) is 13.9. The summed E-state index contributed by atoms with van der Waals surface area (Å²) in [6.07, 6.45) is -0.434. The highest BCUT2D eigenvalue weighted by atomic mass is 35.5. The van der Waals surface area contributed by atoms with Crippen molar-refractivity contribution >= 4 is 47.3 Å². The lowest BCUT2D eigenvalue weighted by molar-refractivity contribution is 0.168. The maximum Gasteiger partial charge on any atom is 0.411 e. The highest BCUT2D eigenvalue weighted by molar-refractivity contribution is 7.99. The van der Waals surface area contributed by atoms with Gasteiger partial charge in [0.05, 0.1) is 18.0 Å². The van der Waals surface area contributed by atoms with Crippen molar-refractivity contribution in [3.05, 3.63) is 42.5 Å². The summed E-state index contributed by atoms with van der Waals surface area (Å²) >= 11 is 1.71. The maximum atomic E-state index is 11.4. The number of fused-ring (bicyclic) bond motifs is 2. The van der Waals surface area contributed by atoms with Crippen LogP contribution in [0.5, 0.6) is 0 Å². The first-order valence-electron chi connectivity index (χ1n) is 6.38. The molecule has 2 aromatic rings. The van der Waals surface area contributed by atoms with Gasteiger partial charge in [0.1, 0.15) is 0 Å². The summed E-state index contributed by atoms with van der Waals surface area (Å²) in [4.78, 5) is 13.8. The van der Waals surface area contributed by atoms with Gasteiger partial charge in [0.15, 0.2) is 0 Å². The molecule has 110 valence electrons. The molecule has 0 bridgehead atoms. The van der Waals surface area contributed by atoms with E-state index in [1.54, 1.807) is 18.7 Å². The van der Waals surface area contributed by atoms with E-state index >= 15 is 0 Å². The number of nitrogens with one attached hydrogen (secondary N) is 2. The fraction of sp³-hybridized carbons (Fsp3) is 0.133. The van der Waals surface area contributed by atoms with Gasteiger partial charge in [-0.25, -0.2) is 4.79 Å². The molecular formula is C15H15ClN2O2S. The quantitative estimate of drug-likeness (QED) is 0.705. The van der Waals surface area contributed by atoms with E-state index < -0.39 is 6.09 Å². The minimum absolute atomic E-state index is 0. The van der Waals surface area contributed by atoms with Gasteiger partial charge in [-0.2, -0.15) is 0 Å². The predicted molar refractivity (Wildman–Crippen MR) is 88.2 cm³/mol. The van der Waals surface area contributed by atoms with Crippen LogP contribution in [0.4, 0.5) is 21.9 Å². The lowest BCUT2D eigenvalue weighted by Crippen LogP contribution is -2.13. The summed E-state index contributed by atoms with van der Waals surface area (Å²) in [7, 11) is 0. The zero-order valence-electron chi connectivity index (χ0n) is 11.4. The molecule has 0 saturated carbocycles. The first-order chi connectivity index (χ1) is 9.76. The second kappa shape index (κ2) is 6.74. The van der Waals surface area contributed by atoms with Gasteiger partial charge in [-0.1, -0.05) is 23.9 Å². The Morgan fingerprint density at radius 2 is 1.95 bits per heavy atom. The molecule has 4 nitrogen and oxygen atoms in total. The standard InChI is InChI=1S/C15H14N2O2S.ClH/c1-2-19-15(18)16-10-7-8-14-12(9-10)17-11-5-3-4-6-13(11)20-14;/h3-9,17H,2H2,1H3,(H,16,18);1H. The van der Waals surface area contributed by atoms with Crippen LogP contribution in [0.3, 0.4) is 0 Å². The molecule has 1 heterocycles. The van der Waals surface area contributed by atoms with Crippen LogP contribution >= 0.6 is 24.2 Å². The largest absolute Gasteiger partial charge is 0.450 e. The second-order valence-corrected chi connectivity index (χ2v) is 5.36. The van der Waals surface area contributed by atoms with Crippen LogP contribution in [-0.2, 0) is 4.74 Å². The van der Waals surface area contributed by atoms with Crippen molar-refractivity contribution in [3.63, 3.8) is 0 Å². The van der Waals surface area contributed by atoms with Gasteiger partial charge in [0.2, 0.25) is 0 Å². The van der Waals surface area contributed by atoms with Gasteiger partial charge in [-0.3, -0.25) is 5.32 Å². The highest BCUT2D eigenvalue weighted by Gasteiger charge is 2.15. The van der Waals surface area contributed by atoms with Gasteiger partial charge >= 0.3 is 6.09 Å². The molecule has 6 heteroatoms. The van der Waals surface area contributed by atoms with E-state index in [0.29, 0.717) is 6.61 Å². The summed E-state index contributed by atoms with van der Waals surface area (Å²) in [6.45, 7) is 2.14. The average Bonchev–Trinajstić information content (AvgIpc) is 2.45. The lowest BCUT2D eigenvalue weighted by Gasteiger charge is -2.21. The number of ether oxygens (including phenoxy) is 1. The fourth-order valence-electron chi connectivity index (χ4n) is 2.00. The average molecular weight is 323 g/mol. The normalized spacial score (nSPS) is 11.3. The Hall–Kier alpha value is -1.85. The third-order valence-electron chi connectivity index (χ3n) is 2.88. The molecule has 0 unspecified atom stereocenters. The smallest absolute Gasteiger partial charge is 0.411 e. The lowest BCUT2D eigenvalue weighted by atomic mass is 10.2. The van der Waals surface area contributed by atoms with Crippen molar-refractivity contribution in [3.8, 4) is 0 Å². The van der Waals surface area contributed by atoms with E-state index in [0.717, 1.165) is 22.0 Å². The van der Waals surface area contributed by atoms with Crippen LogP contribution in [0.25, 0.3) is 0 Å². The maximum absolute atomic E-state index is 11.4. The van der Waals surface area contributed by atoms with Gasteiger partial charge < -0.3 is 10.1 Å². The number of carbonyl (C=O) groups excluding carboxylic acids is 1. The minimum atomic E-state index is -0.434. The van der Waals surface area contributed by atoms with Crippen LogP contribution in [0.1, 0.15) is 6.92 Å². The first kappa shape index (κ1) is 15.5. The van der Waals surface area contributed by atoms with Crippen molar-refractivity contribution in [2.45, 2.75) is 16.7 Å². The highest BCUT2D eigenvalue weighted by Crippen LogP contribution is 2.44. The van der Waals surface area contributed by atoms with E-state index in [1.165, 1.54) is 4.90 Å². The van der Waals surface area contributed by atoms with Crippen LogP contribution in [0.2, 0.25) is 0 Å². The molecule has 0 saturated heterocycles. The predicted octanol–water partition coefficient (Wildman–Crippen LogP) is 4.89. The van der Waals surface area contributed by atoms with Crippen molar-refractivity contribution in [1.29, 1.82) is 0 Å². The van der Waals surface area contributed by atoms with Gasteiger partial charge in [-0.15, -0.1) is 12.4 Å². The Kier molecular flexibility index (Phi) is 4.98. The Morgan fingerprint density at radius 1 is 1.19 bits per heavy atom. The Morgan fingerprint density at radius 3 is 2.76 bits per heavy atom.